The topological polar surface area (TPSA) is 32.7 Å². The summed E-state index contributed by atoms with van der Waals surface area (Å²) >= 11 is 6.11. The third kappa shape index (κ3) is 4.52. The van der Waals surface area contributed by atoms with Crippen molar-refractivity contribution >= 4 is 11.6 Å². The van der Waals surface area contributed by atoms with Crippen molar-refractivity contribution in [2.75, 3.05) is 20.2 Å². The van der Waals surface area contributed by atoms with Crippen LogP contribution in [0.25, 0.3) is 0 Å². The zero-order valence-corrected chi connectivity index (χ0v) is 13.8. The van der Waals surface area contributed by atoms with Gasteiger partial charge in [-0.25, -0.2) is 0 Å². The average Bonchev–Trinajstić information content (AvgIpc) is 2.68. The number of aromatic hydroxyl groups is 1. The van der Waals surface area contributed by atoms with Crippen molar-refractivity contribution in [3.05, 3.63) is 22.7 Å². The summed E-state index contributed by atoms with van der Waals surface area (Å²) in [6, 6.07) is 3.49. The summed E-state index contributed by atoms with van der Waals surface area (Å²) in [5, 5.41) is 10.8. The predicted molar refractivity (Wildman–Crippen MR) is 87.2 cm³/mol. The van der Waals surface area contributed by atoms with Crippen molar-refractivity contribution < 1.29 is 9.84 Å². The van der Waals surface area contributed by atoms with E-state index < -0.39 is 0 Å². The van der Waals surface area contributed by atoms with Crippen LogP contribution in [0.4, 0.5) is 0 Å². The molecule has 1 atom stereocenters. The van der Waals surface area contributed by atoms with E-state index in [0.29, 0.717) is 10.8 Å². The first-order chi connectivity index (χ1) is 10.1. The van der Waals surface area contributed by atoms with Gasteiger partial charge in [0.2, 0.25) is 0 Å². The van der Waals surface area contributed by atoms with Gasteiger partial charge in [0, 0.05) is 23.2 Å². The van der Waals surface area contributed by atoms with E-state index in [9.17, 15) is 5.11 Å². The van der Waals surface area contributed by atoms with Crippen LogP contribution >= 0.6 is 11.6 Å². The third-order valence-electron chi connectivity index (χ3n) is 4.37. The van der Waals surface area contributed by atoms with Gasteiger partial charge in [0.15, 0.2) is 11.5 Å². The second-order valence-electron chi connectivity index (χ2n) is 5.98. The molecule has 0 radical (unpaired) electrons. The van der Waals surface area contributed by atoms with Crippen molar-refractivity contribution in [1.29, 1.82) is 0 Å². The predicted octanol–water partition coefficient (Wildman–Crippen LogP) is 4.46. The molecule has 1 aliphatic rings. The van der Waals surface area contributed by atoms with Gasteiger partial charge in [-0.3, -0.25) is 4.90 Å². The summed E-state index contributed by atoms with van der Waals surface area (Å²) in [7, 11) is 1.55. The Morgan fingerprint density at radius 2 is 2.14 bits per heavy atom. The number of methoxy groups -OCH3 is 1. The summed E-state index contributed by atoms with van der Waals surface area (Å²) in [4.78, 5) is 2.42. The Bertz CT molecular complexity index is 464. The Hall–Kier alpha value is -0.930. The van der Waals surface area contributed by atoms with Crippen LogP contribution < -0.4 is 4.74 Å². The van der Waals surface area contributed by atoms with Crippen LogP contribution in [0, 0.1) is 5.92 Å². The van der Waals surface area contributed by atoms with E-state index in [1.165, 1.54) is 32.1 Å². The smallest absolute Gasteiger partial charge is 0.162 e. The molecule has 0 spiro atoms. The van der Waals surface area contributed by atoms with Crippen LogP contribution in [0.5, 0.6) is 11.5 Å². The third-order valence-corrected chi connectivity index (χ3v) is 4.59. The molecule has 1 aliphatic heterocycles. The van der Waals surface area contributed by atoms with Crippen molar-refractivity contribution in [3.8, 4) is 11.5 Å². The number of phenolic OH excluding ortho intramolecular Hbond substituents is 1. The molecule has 118 valence electrons. The number of ether oxygens (including phenoxy) is 1. The number of rotatable bonds is 5. The Morgan fingerprint density at radius 3 is 2.86 bits per heavy atom. The van der Waals surface area contributed by atoms with Gasteiger partial charge in [-0.05, 0) is 44.3 Å². The lowest BCUT2D eigenvalue weighted by Crippen LogP contribution is -2.24. The fourth-order valence-corrected chi connectivity index (χ4v) is 3.46. The lowest BCUT2D eigenvalue weighted by atomic mass is 9.96. The minimum Gasteiger partial charge on any atom is -0.504 e. The number of hydrogen-bond acceptors (Lipinski definition) is 3. The van der Waals surface area contributed by atoms with Crippen molar-refractivity contribution in [3.63, 3.8) is 0 Å². The van der Waals surface area contributed by atoms with E-state index >= 15 is 0 Å². The molecule has 1 unspecified atom stereocenters. The number of nitrogens with zero attached hydrogens (tertiary/aromatic N) is 1. The molecular weight excluding hydrogens is 286 g/mol. The first-order valence-electron chi connectivity index (χ1n) is 7.91. The molecule has 4 heteroatoms. The van der Waals surface area contributed by atoms with Crippen LogP contribution in [-0.4, -0.2) is 30.2 Å². The SMILES string of the molecule is CCCC1CCCN(Cc2cc(Cl)cc(OC)c2O)CC1. The maximum atomic E-state index is 10.2. The fraction of sp³-hybridized carbons (Fsp3) is 0.647. The molecule has 0 aliphatic carbocycles. The fourth-order valence-electron chi connectivity index (χ4n) is 3.23. The first-order valence-corrected chi connectivity index (χ1v) is 8.29. The Labute approximate surface area is 132 Å². The van der Waals surface area contributed by atoms with Crippen LogP contribution in [0.15, 0.2) is 12.1 Å². The van der Waals surface area contributed by atoms with Gasteiger partial charge in [0.25, 0.3) is 0 Å². The quantitative estimate of drug-likeness (QED) is 0.871. The minimum atomic E-state index is 0.219. The number of halogens is 1. The van der Waals surface area contributed by atoms with Crippen LogP contribution in [0.2, 0.25) is 5.02 Å². The molecule has 0 saturated carbocycles. The standard InChI is InChI=1S/C17H26ClNO2/c1-3-5-13-6-4-8-19(9-7-13)12-14-10-15(18)11-16(21-2)17(14)20/h10-11,13,20H,3-9,12H2,1-2H3. The molecule has 1 fully saturated rings. The van der Waals surface area contributed by atoms with E-state index in [2.05, 4.69) is 11.8 Å². The van der Waals surface area contributed by atoms with Crippen LogP contribution in [0.3, 0.4) is 0 Å². The highest BCUT2D eigenvalue weighted by molar-refractivity contribution is 6.30. The van der Waals surface area contributed by atoms with Crippen molar-refractivity contribution in [2.45, 2.75) is 45.6 Å². The monoisotopic (exact) mass is 311 g/mol. The highest BCUT2D eigenvalue weighted by Crippen LogP contribution is 2.34. The van der Waals surface area contributed by atoms with Gasteiger partial charge in [0.1, 0.15) is 0 Å². The van der Waals surface area contributed by atoms with E-state index in [4.69, 9.17) is 16.3 Å². The second-order valence-corrected chi connectivity index (χ2v) is 6.41. The Kier molecular flexibility index (Phi) is 6.19. The maximum absolute atomic E-state index is 10.2. The number of likely N-dealkylation sites (tertiary alicyclic amines) is 1. The largest absolute Gasteiger partial charge is 0.504 e. The van der Waals surface area contributed by atoms with Gasteiger partial charge in [-0.2, -0.15) is 0 Å². The summed E-state index contributed by atoms with van der Waals surface area (Å²) in [6.45, 7) is 5.19. The lowest BCUT2D eigenvalue weighted by Gasteiger charge is -2.21. The summed E-state index contributed by atoms with van der Waals surface area (Å²) in [6.07, 6.45) is 6.44. The lowest BCUT2D eigenvalue weighted by molar-refractivity contribution is 0.265. The highest BCUT2D eigenvalue weighted by atomic mass is 35.5. The normalized spacial score (nSPS) is 20.2. The Morgan fingerprint density at radius 1 is 1.33 bits per heavy atom. The molecule has 1 saturated heterocycles. The van der Waals surface area contributed by atoms with Crippen LogP contribution in [-0.2, 0) is 6.54 Å². The van der Waals surface area contributed by atoms with E-state index in [-0.39, 0.29) is 5.75 Å². The second kappa shape index (κ2) is 7.90. The number of phenols is 1. The zero-order chi connectivity index (χ0) is 15.2. The van der Waals surface area contributed by atoms with Crippen molar-refractivity contribution in [1.82, 2.24) is 4.90 Å². The summed E-state index contributed by atoms with van der Waals surface area (Å²) in [5.74, 6) is 1.54. The zero-order valence-electron chi connectivity index (χ0n) is 13.1. The molecule has 0 aromatic heterocycles. The van der Waals surface area contributed by atoms with Gasteiger partial charge in [-0.15, -0.1) is 0 Å². The average molecular weight is 312 g/mol. The molecule has 21 heavy (non-hydrogen) atoms. The Balaban J connectivity index is 2.03. The van der Waals surface area contributed by atoms with Crippen molar-refractivity contribution in [2.24, 2.45) is 5.92 Å². The maximum Gasteiger partial charge on any atom is 0.162 e. The first kappa shape index (κ1) is 16.4. The number of benzene rings is 1. The van der Waals surface area contributed by atoms with Gasteiger partial charge in [-0.1, -0.05) is 31.4 Å². The molecule has 0 bridgehead atoms. The minimum absolute atomic E-state index is 0.219. The molecular formula is C17H26ClNO2. The summed E-state index contributed by atoms with van der Waals surface area (Å²) in [5.41, 5.74) is 0.855. The molecule has 1 N–H and O–H groups in total. The molecule has 2 rings (SSSR count). The van der Waals surface area contributed by atoms with Gasteiger partial charge >= 0.3 is 0 Å². The molecule has 0 amide bonds. The van der Waals surface area contributed by atoms with Gasteiger partial charge in [0.05, 0.1) is 7.11 Å². The van der Waals surface area contributed by atoms with Crippen LogP contribution in [0.1, 0.15) is 44.6 Å². The molecule has 1 aromatic carbocycles. The molecule has 1 aromatic rings. The van der Waals surface area contributed by atoms with E-state index in [1.807, 2.05) is 6.07 Å². The molecule has 1 heterocycles. The van der Waals surface area contributed by atoms with E-state index in [1.54, 1.807) is 13.2 Å². The molecule has 3 nitrogen and oxygen atoms in total. The number of hydrogen-bond donors (Lipinski definition) is 1. The summed E-state index contributed by atoms with van der Waals surface area (Å²) < 4.78 is 5.18. The van der Waals surface area contributed by atoms with E-state index in [0.717, 1.165) is 31.1 Å². The highest BCUT2D eigenvalue weighted by Gasteiger charge is 2.18. The van der Waals surface area contributed by atoms with Gasteiger partial charge < -0.3 is 9.84 Å².